The average molecular weight is 337 g/mol. The van der Waals surface area contributed by atoms with Crippen LogP contribution in [0.3, 0.4) is 0 Å². The number of rotatable bonds is 6. The number of Topliss-reactive ketones (excluding diaryl/α,β-unsaturated/α-hetero) is 1. The van der Waals surface area contributed by atoms with Crippen molar-refractivity contribution in [2.45, 2.75) is 44.2 Å². The van der Waals surface area contributed by atoms with Crippen molar-refractivity contribution < 1.29 is 4.79 Å². The van der Waals surface area contributed by atoms with E-state index in [4.69, 9.17) is 5.73 Å². The van der Waals surface area contributed by atoms with Crippen LogP contribution in [0.5, 0.6) is 0 Å². The van der Waals surface area contributed by atoms with Crippen LogP contribution in [0, 0.1) is 0 Å². The van der Waals surface area contributed by atoms with Crippen LogP contribution >= 0.6 is 0 Å². The molecular formula is C19H23N5O. The predicted molar refractivity (Wildman–Crippen MR) is 98.6 cm³/mol. The first-order valence-corrected chi connectivity index (χ1v) is 8.93. The highest BCUT2D eigenvalue weighted by Gasteiger charge is 2.32. The van der Waals surface area contributed by atoms with Crippen molar-refractivity contribution in [3.05, 3.63) is 42.0 Å². The molecule has 6 nitrogen and oxygen atoms in total. The van der Waals surface area contributed by atoms with Crippen molar-refractivity contribution in [1.29, 1.82) is 0 Å². The zero-order chi connectivity index (χ0) is 17.2. The van der Waals surface area contributed by atoms with Crippen molar-refractivity contribution in [3.8, 4) is 0 Å². The Morgan fingerprint density at radius 1 is 1.20 bits per heavy atom. The topological polar surface area (TPSA) is 84.1 Å². The van der Waals surface area contributed by atoms with Crippen LogP contribution in [0.25, 0.3) is 0 Å². The Labute approximate surface area is 147 Å². The second kappa shape index (κ2) is 6.70. The second-order valence-electron chi connectivity index (χ2n) is 6.87. The van der Waals surface area contributed by atoms with Crippen molar-refractivity contribution in [3.63, 3.8) is 0 Å². The molecule has 0 radical (unpaired) electrons. The third-order valence-electron chi connectivity index (χ3n) is 4.80. The van der Waals surface area contributed by atoms with Gasteiger partial charge in [0.05, 0.1) is 6.04 Å². The summed E-state index contributed by atoms with van der Waals surface area (Å²) in [6, 6.07) is 12.2. The molecular weight excluding hydrogens is 314 g/mol. The fourth-order valence-corrected chi connectivity index (χ4v) is 3.40. The lowest BCUT2D eigenvalue weighted by molar-refractivity contribution is -0.119. The molecule has 25 heavy (non-hydrogen) atoms. The van der Waals surface area contributed by atoms with Gasteiger partial charge in [0.2, 0.25) is 5.95 Å². The number of benzene rings is 1. The number of nitrogens with zero attached hydrogens (tertiary/aromatic N) is 3. The second-order valence-corrected chi connectivity index (χ2v) is 6.87. The van der Waals surface area contributed by atoms with Crippen LogP contribution in [-0.4, -0.2) is 34.4 Å². The zero-order valence-corrected chi connectivity index (χ0v) is 14.2. The van der Waals surface area contributed by atoms with E-state index in [1.54, 1.807) is 0 Å². The number of anilines is 3. The average Bonchev–Trinajstić information content (AvgIpc) is 3.26. The lowest BCUT2D eigenvalue weighted by Gasteiger charge is -2.25. The summed E-state index contributed by atoms with van der Waals surface area (Å²) in [5.74, 6) is 1.99. The Bertz CT molecular complexity index is 760. The lowest BCUT2D eigenvalue weighted by atomic mass is 10.0. The Balaban J connectivity index is 1.52. The van der Waals surface area contributed by atoms with Gasteiger partial charge in [0, 0.05) is 25.1 Å². The van der Waals surface area contributed by atoms with Gasteiger partial charge in [-0.1, -0.05) is 30.3 Å². The molecule has 1 aromatic carbocycles. The molecule has 6 heteroatoms. The summed E-state index contributed by atoms with van der Waals surface area (Å²) < 4.78 is 0. The van der Waals surface area contributed by atoms with Crippen molar-refractivity contribution >= 4 is 23.4 Å². The number of hydrogen-bond donors (Lipinski definition) is 2. The number of aromatic nitrogens is 2. The highest BCUT2D eigenvalue weighted by atomic mass is 16.1. The predicted octanol–water partition coefficient (Wildman–Crippen LogP) is 2.41. The van der Waals surface area contributed by atoms with Crippen molar-refractivity contribution in [1.82, 2.24) is 9.97 Å². The Hall–Kier alpha value is -2.63. The number of nitrogen functional groups attached to an aromatic ring is 1. The maximum absolute atomic E-state index is 12.8. The van der Waals surface area contributed by atoms with Crippen molar-refractivity contribution in [2.24, 2.45) is 0 Å². The molecule has 3 N–H and O–H groups in total. The van der Waals surface area contributed by atoms with E-state index in [-0.39, 0.29) is 17.8 Å². The largest absolute Gasteiger partial charge is 0.368 e. The first-order valence-electron chi connectivity index (χ1n) is 8.93. The maximum Gasteiger partial charge on any atom is 0.223 e. The maximum atomic E-state index is 12.8. The summed E-state index contributed by atoms with van der Waals surface area (Å²) in [5, 5.41) is 3.36. The first kappa shape index (κ1) is 15.9. The number of nitrogens with one attached hydrogen (secondary N) is 1. The number of carbonyl (C=O) groups excluding carboxylic acids is 1. The Morgan fingerprint density at radius 3 is 2.76 bits per heavy atom. The smallest absolute Gasteiger partial charge is 0.223 e. The van der Waals surface area contributed by atoms with Crippen LogP contribution in [0.2, 0.25) is 0 Å². The van der Waals surface area contributed by atoms with Crippen LogP contribution < -0.4 is 16.0 Å². The van der Waals surface area contributed by atoms with E-state index in [1.807, 2.05) is 36.4 Å². The number of hydrogen-bond acceptors (Lipinski definition) is 6. The van der Waals surface area contributed by atoms with Gasteiger partial charge in [-0.05, 0) is 31.2 Å². The fourth-order valence-electron chi connectivity index (χ4n) is 3.40. The molecule has 4 rings (SSSR count). The van der Waals surface area contributed by atoms with Crippen LogP contribution in [0.4, 0.5) is 17.6 Å². The van der Waals surface area contributed by atoms with Crippen LogP contribution in [-0.2, 0) is 11.2 Å². The van der Waals surface area contributed by atoms with Gasteiger partial charge in [-0.25, -0.2) is 0 Å². The molecule has 1 aliphatic heterocycles. The standard InChI is InChI=1S/C19H23N5O/c20-19-22-17(21-14-8-9-14)12-18(23-19)24-10-4-7-15(24)16(25)11-13-5-2-1-3-6-13/h1-3,5-6,12,14-15H,4,7-11H2,(H3,20,21,22,23). The number of nitrogens with two attached hydrogens (primary N) is 1. The third kappa shape index (κ3) is 3.73. The van der Waals surface area contributed by atoms with Gasteiger partial charge in [0.1, 0.15) is 11.6 Å². The van der Waals surface area contributed by atoms with E-state index in [2.05, 4.69) is 20.2 Å². The molecule has 0 bridgehead atoms. The molecule has 1 aromatic heterocycles. The van der Waals surface area contributed by atoms with Gasteiger partial charge in [-0.2, -0.15) is 9.97 Å². The summed E-state index contributed by atoms with van der Waals surface area (Å²) in [6.07, 6.45) is 4.64. The quantitative estimate of drug-likeness (QED) is 0.842. The Kier molecular flexibility index (Phi) is 4.26. The summed E-state index contributed by atoms with van der Waals surface area (Å²) in [5.41, 5.74) is 6.95. The van der Waals surface area contributed by atoms with Gasteiger partial charge in [0.15, 0.2) is 5.78 Å². The zero-order valence-electron chi connectivity index (χ0n) is 14.2. The van der Waals surface area contributed by atoms with E-state index in [0.29, 0.717) is 12.5 Å². The minimum Gasteiger partial charge on any atom is -0.368 e. The molecule has 2 aliphatic rings. The fraction of sp³-hybridized carbons (Fsp3) is 0.421. The first-order chi connectivity index (χ1) is 12.2. The summed E-state index contributed by atoms with van der Waals surface area (Å²) >= 11 is 0. The molecule has 1 unspecified atom stereocenters. The summed E-state index contributed by atoms with van der Waals surface area (Å²) in [6.45, 7) is 0.824. The summed E-state index contributed by atoms with van der Waals surface area (Å²) in [7, 11) is 0. The normalized spacial score (nSPS) is 19.8. The van der Waals surface area contributed by atoms with E-state index < -0.39 is 0 Å². The van der Waals surface area contributed by atoms with Crippen LogP contribution in [0.15, 0.2) is 36.4 Å². The lowest BCUT2D eigenvalue weighted by Crippen LogP contribution is -2.37. The third-order valence-corrected chi connectivity index (χ3v) is 4.80. The molecule has 0 spiro atoms. The highest BCUT2D eigenvalue weighted by molar-refractivity contribution is 5.89. The summed E-state index contributed by atoms with van der Waals surface area (Å²) in [4.78, 5) is 23.6. The Morgan fingerprint density at radius 2 is 2.00 bits per heavy atom. The minimum absolute atomic E-state index is 0.136. The monoisotopic (exact) mass is 337 g/mol. The molecule has 2 heterocycles. The van der Waals surface area contributed by atoms with Gasteiger partial charge in [-0.3, -0.25) is 4.79 Å². The van der Waals surface area contributed by atoms with E-state index in [0.717, 1.165) is 36.6 Å². The minimum atomic E-state index is -0.136. The SMILES string of the molecule is Nc1nc(NC2CC2)cc(N2CCCC2C(=O)Cc2ccccc2)n1. The number of ketones is 1. The molecule has 1 saturated carbocycles. The molecule has 2 aromatic rings. The molecule has 1 saturated heterocycles. The van der Waals surface area contributed by atoms with Crippen molar-refractivity contribution in [2.75, 3.05) is 22.5 Å². The van der Waals surface area contributed by atoms with Gasteiger partial charge < -0.3 is 16.0 Å². The highest BCUT2D eigenvalue weighted by Crippen LogP contribution is 2.29. The van der Waals surface area contributed by atoms with E-state index in [9.17, 15) is 4.79 Å². The van der Waals surface area contributed by atoms with Crippen LogP contribution in [0.1, 0.15) is 31.2 Å². The van der Waals surface area contributed by atoms with E-state index >= 15 is 0 Å². The number of carbonyl (C=O) groups is 1. The molecule has 2 fully saturated rings. The molecule has 130 valence electrons. The van der Waals surface area contributed by atoms with Gasteiger partial charge >= 0.3 is 0 Å². The van der Waals surface area contributed by atoms with E-state index in [1.165, 1.54) is 12.8 Å². The molecule has 1 atom stereocenters. The molecule has 0 amide bonds. The van der Waals surface area contributed by atoms with Gasteiger partial charge in [-0.15, -0.1) is 0 Å². The van der Waals surface area contributed by atoms with Gasteiger partial charge in [0.25, 0.3) is 0 Å². The molecule has 1 aliphatic carbocycles.